The molecule has 2 aliphatic rings. The second-order valence-electron chi connectivity index (χ2n) is 6.59. The van der Waals surface area contributed by atoms with Crippen LogP contribution < -0.4 is 9.64 Å². The van der Waals surface area contributed by atoms with E-state index in [1.807, 2.05) is 4.90 Å². The zero-order chi connectivity index (χ0) is 18.6. The Morgan fingerprint density at radius 2 is 1.96 bits per heavy atom. The van der Waals surface area contributed by atoms with Crippen LogP contribution in [0.5, 0.6) is 5.75 Å². The van der Waals surface area contributed by atoms with Crippen molar-refractivity contribution >= 4 is 11.7 Å². The Bertz CT molecular complexity index is 823. The van der Waals surface area contributed by atoms with Crippen LogP contribution in [0.15, 0.2) is 24.8 Å². The predicted octanol–water partition coefficient (Wildman–Crippen LogP) is 0.958. The van der Waals surface area contributed by atoms with E-state index >= 15 is 0 Å². The predicted molar refractivity (Wildman–Crippen MR) is 99.2 cm³/mol. The average molecular weight is 369 g/mol. The minimum absolute atomic E-state index is 0.0389. The van der Waals surface area contributed by atoms with Crippen LogP contribution in [0.25, 0.3) is 0 Å². The van der Waals surface area contributed by atoms with Gasteiger partial charge in [0.05, 0.1) is 37.8 Å². The zero-order valence-electron chi connectivity index (χ0n) is 15.4. The van der Waals surface area contributed by atoms with Gasteiger partial charge < -0.3 is 19.3 Å². The summed E-state index contributed by atoms with van der Waals surface area (Å²) in [6, 6.07) is 1.71. The lowest BCUT2D eigenvalue weighted by Crippen LogP contribution is -2.37. The minimum atomic E-state index is -0.0389. The van der Waals surface area contributed by atoms with Crippen molar-refractivity contribution in [1.82, 2.24) is 19.9 Å². The van der Waals surface area contributed by atoms with Crippen molar-refractivity contribution in [1.29, 1.82) is 0 Å². The normalized spacial score (nSPS) is 17.2. The van der Waals surface area contributed by atoms with Gasteiger partial charge in [-0.1, -0.05) is 0 Å². The molecule has 0 N–H and O–H groups in total. The first-order valence-electron chi connectivity index (χ1n) is 9.20. The van der Waals surface area contributed by atoms with Gasteiger partial charge in [-0.05, 0) is 12.5 Å². The lowest BCUT2D eigenvalue weighted by atomic mass is 10.1. The van der Waals surface area contributed by atoms with Crippen molar-refractivity contribution in [2.24, 2.45) is 0 Å². The molecule has 2 aromatic heterocycles. The Balaban J connectivity index is 1.55. The van der Waals surface area contributed by atoms with Crippen LogP contribution in [-0.4, -0.2) is 72.3 Å². The van der Waals surface area contributed by atoms with E-state index in [1.54, 1.807) is 31.9 Å². The van der Waals surface area contributed by atoms with Crippen LogP contribution in [0.2, 0.25) is 0 Å². The molecule has 0 aromatic carbocycles. The smallest absolute Gasteiger partial charge is 0.257 e. The van der Waals surface area contributed by atoms with Crippen molar-refractivity contribution < 1.29 is 14.3 Å². The highest BCUT2D eigenvalue weighted by Gasteiger charge is 2.26. The van der Waals surface area contributed by atoms with Gasteiger partial charge in [-0.15, -0.1) is 0 Å². The molecule has 1 fully saturated rings. The van der Waals surface area contributed by atoms with E-state index in [2.05, 4.69) is 19.9 Å². The monoisotopic (exact) mass is 369 g/mol. The molecule has 2 aromatic rings. The van der Waals surface area contributed by atoms with E-state index in [4.69, 9.17) is 9.47 Å². The standard InChI is InChI=1S/C19H23N5O3/c1-26-17-12-20-5-2-15(17)19(25)24-6-3-14-16(4-7-24)21-13-22-18(14)23-8-10-27-11-9-23/h2,5,12-13H,3-4,6-11H2,1H3. The quantitative estimate of drug-likeness (QED) is 0.797. The molecule has 0 aliphatic carbocycles. The maximum atomic E-state index is 13.0. The number of carbonyl (C=O) groups excluding carboxylic acids is 1. The van der Waals surface area contributed by atoms with Crippen LogP contribution >= 0.6 is 0 Å². The van der Waals surface area contributed by atoms with Gasteiger partial charge in [0.2, 0.25) is 0 Å². The fraction of sp³-hybridized carbons (Fsp3) is 0.474. The topological polar surface area (TPSA) is 80.7 Å². The molecule has 0 spiro atoms. The molecule has 0 unspecified atom stereocenters. The number of methoxy groups -OCH3 is 1. The number of amides is 1. The van der Waals surface area contributed by atoms with Crippen molar-refractivity contribution in [3.63, 3.8) is 0 Å². The molecular formula is C19H23N5O3. The third kappa shape index (κ3) is 3.57. The van der Waals surface area contributed by atoms with Crippen molar-refractivity contribution in [3.05, 3.63) is 41.6 Å². The number of pyridine rings is 1. The first kappa shape index (κ1) is 17.7. The molecule has 0 atom stereocenters. The summed E-state index contributed by atoms with van der Waals surface area (Å²) in [5.41, 5.74) is 2.72. The van der Waals surface area contributed by atoms with E-state index in [9.17, 15) is 4.79 Å². The summed E-state index contributed by atoms with van der Waals surface area (Å²) in [5.74, 6) is 1.44. The molecule has 4 rings (SSSR count). The molecule has 0 bridgehead atoms. The lowest BCUT2D eigenvalue weighted by Gasteiger charge is -2.29. The van der Waals surface area contributed by atoms with E-state index < -0.39 is 0 Å². The number of fused-ring (bicyclic) bond motifs is 1. The number of aromatic nitrogens is 3. The summed E-state index contributed by atoms with van der Waals surface area (Å²) in [4.78, 5) is 30.2. The number of hydrogen-bond donors (Lipinski definition) is 0. The van der Waals surface area contributed by atoms with Gasteiger partial charge in [-0.25, -0.2) is 9.97 Å². The molecule has 1 saturated heterocycles. The molecule has 27 heavy (non-hydrogen) atoms. The number of carbonyl (C=O) groups is 1. The van der Waals surface area contributed by atoms with Gasteiger partial charge in [0.15, 0.2) is 0 Å². The highest BCUT2D eigenvalue weighted by molar-refractivity contribution is 5.96. The van der Waals surface area contributed by atoms with E-state index in [-0.39, 0.29) is 5.91 Å². The second kappa shape index (κ2) is 7.87. The fourth-order valence-electron chi connectivity index (χ4n) is 3.65. The summed E-state index contributed by atoms with van der Waals surface area (Å²) >= 11 is 0. The van der Waals surface area contributed by atoms with Gasteiger partial charge in [-0.3, -0.25) is 9.78 Å². The minimum Gasteiger partial charge on any atom is -0.494 e. The van der Waals surface area contributed by atoms with Crippen molar-refractivity contribution in [2.45, 2.75) is 12.8 Å². The summed E-state index contributed by atoms with van der Waals surface area (Å²) in [6.45, 7) is 4.34. The lowest BCUT2D eigenvalue weighted by molar-refractivity contribution is 0.0759. The summed E-state index contributed by atoms with van der Waals surface area (Å²) in [6.07, 6.45) is 6.27. The number of hydrogen-bond acceptors (Lipinski definition) is 7. The zero-order valence-corrected chi connectivity index (χ0v) is 15.4. The van der Waals surface area contributed by atoms with Crippen molar-refractivity contribution in [3.8, 4) is 5.75 Å². The average Bonchev–Trinajstić information content (AvgIpc) is 2.96. The first-order valence-corrected chi connectivity index (χ1v) is 9.20. The Morgan fingerprint density at radius 1 is 1.15 bits per heavy atom. The Morgan fingerprint density at radius 3 is 2.78 bits per heavy atom. The Hall–Kier alpha value is -2.74. The van der Waals surface area contributed by atoms with E-state index in [1.165, 1.54) is 0 Å². The van der Waals surface area contributed by atoms with Gasteiger partial charge in [0, 0.05) is 44.4 Å². The molecular weight excluding hydrogens is 346 g/mol. The van der Waals surface area contributed by atoms with Crippen LogP contribution in [0.3, 0.4) is 0 Å². The highest BCUT2D eigenvalue weighted by Crippen LogP contribution is 2.26. The van der Waals surface area contributed by atoms with Crippen LogP contribution in [0, 0.1) is 0 Å². The second-order valence-corrected chi connectivity index (χ2v) is 6.59. The highest BCUT2D eigenvalue weighted by atomic mass is 16.5. The number of rotatable bonds is 3. The third-order valence-corrected chi connectivity index (χ3v) is 5.09. The summed E-state index contributed by atoms with van der Waals surface area (Å²) < 4.78 is 10.8. The van der Waals surface area contributed by atoms with Crippen LogP contribution in [0.4, 0.5) is 5.82 Å². The fourth-order valence-corrected chi connectivity index (χ4v) is 3.65. The molecule has 142 valence electrons. The van der Waals surface area contributed by atoms with Gasteiger partial charge in [0.1, 0.15) is 17.9 Å². The number of ether oxygens (including phenoxy) is 2. The van der Waals surface area contributed by atoms with E-state index in [0.717, 1.165) is 36.6 Å². The van der Waals surface area contributed by atoms with E-state index in [0.29, 0.717) is 44.0 Å². The Kier molecular flexibility index (Phi) is 5.15. The first-order chi connectivity index (χ1) is 13.3. The Labute approximate surface area is 158 Å². The van der Waals surface area contributed by atoms with Crippen molar-refractivity contribution in [2.75, 3.05) is 51.4 Å². The molecule has 1 amide bonds. The molecule has 8 nitrogen and oxygen atoms in total. The molecule has 0 radical (unpaired) electrons. The van der Waals surface area contributed by atoms with Gasteiger partial charge >= 0.3 is 0 Å². The van der Waals surface area contributed by atoms with Crippen LogP contribution in [0.1, 0.15) is 21.6 Å². The number of nitrogens with zero attached hydrogens (tertiary/aromatic N) is 5. The molecule has 2 aliphatic heterocycles. The van der Waals surface area contributed by atoms with Gasteiger partial charge in [-0.2, -0.15) is 0 Å². The summed E-state index contributed by atoms with van der Waals surface area (Å²) in [5, 5.41) is 0. The SMILES string of the molecule is COc1cnccc1C(=O)N1CCc2ncnc(N3CCOCC3)c2CC1. The third-order valence-electron chi connectivity index (χ3n) is 5.09. The number of morpholine rings is 1. The molecule has 0 saturated carbocycles. The summed E-state index contributed by atoms with van der Waals surface area (Å²) in [7, 11) is 1.55. The maximum Gasteiger partial charge on any atom is 0.257 e. The number of anilines is 1. The molecule has 4 heterocycles. The maximum absolute atomic E-state index is 13.0. The molecule has 8 heteroatoms. The van der Waals surface area contributed by atoms with Crippen LogP contribution in [-0.2, 0) is 17.6 Å². The van der Waals surface area contributed by atoms with Gasteiger partial charge in [0.25, 0.3) is 5.91 Å². The largest absolute Gasteiger partial charge is 0.494 e.